The van der Waals surface area contributed by atoms with E-state index in [0.29, 0.717) is 30.3 Å². The fraction of sp³-hybridized carbons (Fsp3) is 0.533. The van der Waals surface area contributed by atoms with E-state index in [1.807, 2.05) is 12.1 Å². The lowest BCUT2D eigenvalue weighted by Gasteiger charge is -2.27. The molecule has 0 saturated carbocycles. The van der Waals surface area contributed by atoms with Crippen molar-refractivity contribution in [3.8, 4) is 5.75 Å². The van der Waals surface area contributed by atoms with Gasteiger partial charge in [0.2, 0.25) is 5.91 Å². The molecule has 0 atom stereocenters. The van der Waals surface area contributed by atoms with E-state index in [1.54, 1.807) is 12.1 Å². The first-order chi connectivity index (χ1) is 10.3. The van der Waals surface area contributed by atoms with Crippen LogP contribution < -0.4 is 15.4 Å². The molecule has 1 aliphatic heterocycles. The largest absolute Gasteiger partial charge is 0.491 e. The first-order valence-corrected chi connectivity index (χ1v) is 7.70. The smallest absolute Gasteiger partial charge is 0.223 e. The molecule has 1 heterocycles. The van der Waals surface area contributed by atoms with Crippen molar-refractivity contribution in [2.75, 3.05) is 45.9 Å². The van der Waals surface area contributed by atoms with Crippen molar-refractivity contribution in [1.82, 2.24) is 15.5 Å². The molecule has 124 valence electrons. The van der Waals surface area contributed by atoms with E-state index in [0.717, 1.165) is 32.7 Å². The van der Waals surface area contributed by atoms with Gasteiger partial charge in [-0.15, -0.1) is 12.4 Å². The number of halogens is 2. The Hall–Kier alpha value is -1.01. The third kappa shape index (κ3) is 6.83. The lowest BCUT2D eigenvalue weighted by molar-refractivity contribution is -0.121. The molecule has 0 radical (unpaired) electrons. The van der Waals surface area contributed by atoms with Gasteiger partial charge in [0.05, 0.1) is 18.1 Å². The van der Waals surface area contributed by atoms with E-state index in [4.69, 9.17) is 16.3 Å². The predicted molar refractivity (Wildman–Crippen MR) is 91.1 cm³/mol. The number of hydrogen-bond donors (Lipinski definition) is 2. The van der Waals surface area contributed by atoms with Crippen LogP contribution in [0.15, 0.2) is 24.3 Å². The Morgan fingerprint density at radius 3 is 2.77 bits per heavy atom. The third-order valence-electron chi connectivity index (χ3n) is 3.38. The maximum absolute atomic E-state index is 11.7. The van der Waals surface area contributed by atoms with Crippen molar-refractivity contribution in [3.63, 3.8) is 0 Å². The van der Waals surface area contributed by atoms with Crippen LogP contribution in [0.1, 0.15) is 6.42 Å². The molecule has 1 fully saturated rings. The number of carbonyl (C=O) groups is 1. The number of ether oxygens (including phenoxy) is 1. The summed E-state index contributed by atoms with van der Waals surface area (Å²) in [6, 6.07) is 7.27. The monoisotopic (exact) mass is 347 g/mol. The number of hydrogen-bond acceptors (Lipinski definition) is 4. The SMILES string of the molecule is Cl.O=C(CCOc1ccccc1Cl)NCCN1CCNCC1. The van der Waals surface area contributed by atoms with Crippen LogP contribution >= 0.6 is 24.0 Å². The Kier molecular flexibility index (Phi) is 9.24. The van der Waals surface area contributed by atoms with E-state index in [9.17, 15) is 4.79 Å². The van der Waals surface area contributed by atoms with Crippen LogP contribution in [0, 0.1) is 0 Å². The molecular formula is C15H23Cl2N3O2. The molecule has 1 aliphatic rings. The van der Waals surface area contributed by atoms with Crippen molar-refractivity contribution in [2.24, 2.45) is 0 Å². The number of nitrogens with one attached hydrogen (secondary N) is 2. The summed E-state index contributed by atoms with van der Waals surface area (Å²) >= 11 is 5.97. The predicted octanol–water partition coefficient (Wildman–Crippen LogP) is 1.55. The Morgan fingerprint density at radius 1 is 1.32 bits per heavy atom. The minimum absolute atomic E-state index is 0. The lowest BCUT2D eigenvalue weighted by atomic mass is 10.3. The Labute approximate surface area is 142 Å². The number of piperazine rings is 1. The summed E-state index contributed by atoms with van der Waals surface area (Å²) in [4.78, 5) is 14.0. The highest BCUT2D eigenvalue weighted by molar-refractivity contribution is 6.32. The average Bonchev–Trinajstić information content (AvgIpc) is 2.50. The molecule has 2 N–H and O–H groups in total. The molecular weight excluding hydrogens is 325 g/mol. The first-order valence-electron chi connectivity index (χ1n) is 7.33. The number of amides is 1. The van der Waals surface area contributed by atoms with E-state index in [-0.39, 0.29) is 18.3 Å². The molecule has 7 heteroatoms. The van der Waals surface area contributed by atoms with Gasteiger partial charge < -0.3 is 15.4 Å². The van der Waals surface area contributed by atoms with Gasteiger partial charge in [-0.2, -0.15) is 0 Å². The van der Waals surface area contributed by atoms with Crippen molar-refractivity contribution in [3.05, 3.63) is 29.3 Å². The zero-order valence-electron chi connectivity index (χ0n) is 12.5. The van der Waals surface area contributed by atoms with E-state index < -0.39 is 0 Å². The average molecular weight is 348 g/mol. The number of rotatable bonds is 7. The topological polar surface area (TPSA) is 53.6 Å². The van der Waals surface area contributed by atoms with Gasteiger partial charge in [-0.05, 0) is 12.1 Å². The first kappa shape index (κ1) is 19.0. The molecule has 0 unspecified atom stereocenters. The highest BCUT2D eigenvalue weighted by Crippen LogP contribution is 2.22. The van der Waals surface area contributed by atoms with Crippen molar-refractivity contribution in [2.45, 2.75) is 6.42 Å². The van der Waals surface area contributed by atoms with Gasteiger partial charge in [-0.1, -0.05) is 23.7 Å². The normalized spacial score (nSPS) is 15.0. The van der Waals surface area contributed by atoms with Crippen LogP contribution in [0.25, 0.3) is 0 Å². The summed E-state index contributed by atoms with van der Waals surface area (Å²) in [5, 5.41) is 6.79. The highest BCUT2D eigenvalue weighted by atomic mass is 35.5. The van der Waals surface area contributed by atoms with Gasteiger partial charge in [-0.25, -0.2) is 0 Å². The molecule has 1 aromatic carbocycles. The van der Waals surface area contributed by atoms with Crippen LogP contribution in [-0.2, 0) is 4.79 Å². The zero-order chi connectivity index (χ0) is 14.9. The Morgan fingerprint density at radius 2 is 2.05 bits per heavy atom. The molecule has 0 bridgehead atoms. The van der Waals surface area contributed by atoms with Gasteiger partial charge in [0.1, 0.15) is 5.75 Å². The van der Waals surface area contributed by atoms with Crippen molar-refractivity contribution < 1.29 is 9.53 Å². The molecule has 1 amide bonds. The van der Waals surface area contributed by atoms with Crippen LogP contribution in [0.5, 0.6) is 5.75 Å². The standard InChI is InChI=1S/C15H22ClN3O2.ClH/c16-13-3-1-2-4-14(13)21-12-5-15(20)18-8-11-19-9-6-17-7-10-19;/h1-4,17H,5-12H2,(H,18,20);1H. The molecule has 22 heavy (non-hydrogen) atoms. The van der Waals surface area contributed by atoms with E-state index in [1.165, 1.54) is 0 Å². The number of carbonyl (C=O) groups excluding carboxylic acids is 1. The van der Waals surface area contributed by atoms with Gasteiger partial charge >= 0.3 is 0 Å². The summed E-state index contributed by atoms with van der Waals surface area (Å²) in [5.41, 5.74) is 0. The summed E-state index contributed by atoms with van der Waals surface area (Å²) in [5.74, 6) is 0.630. The fourth-order valence-corrected chi connectivity index (χ4v) is 2.38. The van der Waals surface area contributed by atoms with Gasteiger partial charge in [-0.3, -0.25) is 9.69 Å². The zero-order valence-corrected chi connectivity index (χ0v) is 14.1. The second-order valence-electron chi connectivity index (χ2n) is 4.97. The van der Waals surface area contributed by atoms with Crippen LogP contribution in [0.2, 0.25) is 5.02 Å². The Bertz CT molecular complexity index is 454. The molecule has 1 saturated heterocycles. The minimum Gasteiger partial charge on any atom is -0.491 e. The molecule has 2 rings (SSSR count). The summed E-state index contributed by atoms with van der Waals surface area (Å²) in [7, 11) is 0. The Balaban J connectivity index is 0.00000242. The second kappa shape index (κ2) is 10.7. The van der Waals surface area contributed by atoms with E-state index >= 15 is 0 Å². The van der Waals surface area contributed by atoms with Crippen molar-refractivity contribution in [1.29, 1.82) is 0 Å². The maximum atomic E-state index is 11.7. The minimum atomic E-state index is 0. The summed E-state index contributed by atoms with van der Waals surface area (Å²) in [6.07, 6.45) is 0.340. The summed E-state index contributed by atoms with van der Waals surface area (Å²) < 4.78 is 5.49. The van der Waals surface area contributed by atoms with E-state index in [2.05, 4.69) is 15.5 Å². The molecule has 0 spiro atoms. The van der Waals surface area contributed by atoms with Crippen LogP contribution in [0.3, 0.4) is 0 Å². The molecule has 0 aromatic heterocycles. The van der Waals surface area contributed by atoms with Gasteiger partial charge in [0.25, 0.3) is 0 Å². The lowest BCUT2D eigenvalue weighted by Crippen LogP contribution is -2.46. The van der Waals surface area contributed by atoms with Crippen LogP contribution in [0.4, 0.5) is 0 Å². The van der Waals surface area contributed by atoms with Gasteiger partial charge in [0, 0.05) is 39.3 Å². The van der Waals surface area contributed by atoms with Gasteiger partial charge in [0.15, 0.2) is 0 Å². The number of nitrogens with zero attached hydrogens (tertiary/aromatic N) is 1. The number of benzene rings is 1. The van der Waals surface area contributed by atoms with Crippen molar-refractivity contribution >= 4 is 29.9 Å². The molecule has 5 nitrogen and oxygen atoms in total. The third-order valence-corrected chi connectivity index (χ3v) is 3.70. The molecule has 1 aromatic rings. The molecule has 0 aliphatic carbocycles. The van der Waals surface area contributed by atoms with Crippen LogP contribution in [-0.4, -0.2) is 56.7 Å². The fourth-order valence-electron chi connectivity index (χ4n) is 2.19. The number of para-hydroxylation sites is 1. The highest BCUT2D eigenvalue weighted by Gasteiger charge is 2.09. The maximum Gasteiger partial charge on any atom is 0.223 e. The quantitative estimate of drug-likeness (QED) is 0.785. The summed E-state index contributed by atoms with van der Waals surface area (Å²) in [6.45, 7) is 6.07. The second-order valence-corrected chi connectivity index (χ2v) is 5.38.